The molecule has 2 fully saturated rings. The lowest BCUT2D eigenvalue weighted by Gasteiger charge is -2.35. The Kier molecular flexibility index (Phi) is 6.58. The summed E-state index contributed by atoms with van der Waals surface area (Å²) in [5.41, 5.74) is 0.650. The highest BCUT2D eigenvalue weighted by molar-refractivity contribution is 7.99. The zero-order valence-corrected chi connectivity index (χ0v) is 18.3. The van der Waals surface area contributed by atoms with Gasteiger partial charge in [0.15, 0.2) is 5.16 Å². The van der Waals surface area contributed by atoms with Gasteiger partial charge in [-0.25, -0.2) is 4.39 Å². The van der Waals surface area contributed by atoms with E-state index in [2.05, 4.69) is 28.9 Å². The van der Waals surface area contributed by atoms with Gasteiger partial charge < -0.3 is 14.5 Å². The van der Waals surface area contributed by atoms with E-state index in [0.29, 0.717) is 54.9 Å². The summed E-state index contributed by atoms with van der Waals surface area (Å²) in [6.45, 7) is 8.61. The molecule has 2 aliphatic heterocycles. The molecule has 2 aromatic rings. The maximum atomic E-state index is 13.9. The Hall–Kier alpha value is -2.13. The quantitative estimate of drug-likeness (QED) is 0.676. The van der Waals surface area contributed by atoms with E-state index in [0.717, 1.165) is 19.5 Å². The monoisotopic (exact) mass is 433 g/mol. The van der Waals surface area contributed by atoms with Crippen molar-refractivity contribution in [3.63, 3.8) is 0 Å². The molecule has 3 heterocycles. The zero-order valence-electron chi connectivity index (χ0n) is 17.5. The molecule has 0 radical (unpaired) electrons. The first-order valence-electron chi connectivity index (χ1n) is 10.5. The predicted molar refractivity (Wildman–Crippen MR) is 115 cm³/mol. The van der Waals surface area contributed by atoms with Crippen LogP contribution in [0.3, 0.4) is 0 Å². The summed E-state index contributed by atoms with van der Waals surface area (Å²) in [4.78, 5) is 16.9. The van der Waals surface area contributed by atoms with Gasteiger partial charge in [-0.05, 0) is 36.5 Å². The minimum Gasteiger partial charge on any atom is -0.378 e. The third kappa shape index (κ3) is 4.78. The molecule has 4 rings (SSSR count). The second-order valence-electron chi connectivity index (χ2n) is 8.23. The van der Waals surface area contributed by atoms with Crippen molar-refractivity contribution in [3.8, 4) is 5.69 Å². The van der Waals surface area contributed by atoms with E-state index < -0.39 is 0 Å². The molecule has 0 bridgehead atoms. The summed E-state index contributed by atoms with van der Waals surface area (Å²) in [6, 6.07) is 6.38. The topological polar surface area (TPSA) is 63.5 Å². The fourth-order valence-corrected chi connectivity index (χ4v) is 5.10. The third-order valence-electron chi connectivity index (χ3n) is 5.52. The van der Waals surface area contributed by atoms with Gasteiger partial charge in [0.2, 0.25) is 11.9 Å². The van der Waals surface area contributed by atoms with Crippen molar-refractivity contribution in [1.29, 1.82) is 0 Å². The Bertz CT molecular complexity index is 876. The summed E-state index contributed by atoms with van der Waals surface area (Å²) in [5, 5.41) is 9.31. The number of aromatic nitrogens is 3. The van der Waals surface area contributed by atoms with Crippen LogP contribution < -0.4 is 4.90 Å². The summed E-state index contributed by atoms with van der Waals surface area (Å²) >= 11 is 1.35. The molecule has 30 heavy (non-hydrogen) atoms. The van der Waals surface area contributed by atoms with E-state index in [4.69, 9.17) is 4.74 Å². The Morgan fingerprint density at radius 1 is 1.20 bits per heavy atom. The van der Waals surface area contributed by atoms with Crippen molar-refractivity contribution in [2.45, 2.75) is 25.4 Å². The van der Waals surface area contributed by atoms with Crippen molar-refractivity contribution in [2.75, 3.05) is 50.0 Å². The van der Waals surface area contributed by atoms with Gasteiger partial charge in [-0.1, -0.05) is 31.7 Å². The number of thioether (sulfide) groups is 1. The number of carbonyl (C=O) groups is 1. The molecule has 0 saturated carbocycles. The summed E-state index contributed by atoms with van der Waals surface area (Å²) < 4.78 is 21.2. The standard InChI is InChI=1S/C21H28FN5O2S/c1-15-10-16(2)13-26(12-15)19(28)14-30-21-24-23-20(25-6-8-29-9-7-25)27(21)18-5-3-4-17(22)11-18/h3-5,11,15-16H,6-10,12-14H2,1-2H3. The number of piperidine rings is 1. The average Bonchev–Trinajstić information content (AvgIpc) is 3.16. The van der Waals surface area contributed by atoms with Gasteiger partial charge in [0, 0.05) is 26.2 Å². The maximum Gasteiger partial charge on any atom is 0.233 e. The lowest BCUT2D eigenvalue weighted by molar-refractivity contribution is -0.130. The van der Waals surface area contributed by atoms with Crippen LogP contribution >= 0.6 is 11.8 Å². The van der Waals surface area contributed by atoms with Crippen LogP contribution in [0.25, 0.3) is 5.69 Å². The molecule has 1 aromatic heterocycles. The molecule has 0 spiro atoms. The summed E-state index contributed by atoms with van der Waals surface area (Å²) in [5.74, 6) is 1.77. The van der Waals surface area contributed by atoms with E-state index in [1.54, 1.807) is 6.07 Å². The van der Waals surface area contributed by atoms with Gasteiger partial charge in [0.25, 0.3) is 0 Å². The summed E-state index contributed by atoms with van der Waals surface area (Å²) in [7, 11) is 0. The molecule has 1 amide bonds. The number of nitrogens with zero attached hydrogens (tertiary/aromatic N) is 5. The molecular formula is C21H28FN5O2S. The van der Waals surface area contributed by atoms with Crippen LogP contribution in [0.1, 0.15) is 20.3 Å². The maximum absolute atomic E-state index is 13.9. The molecule has 162 valence electrons. The first-order valence-corrected chi connectivity index (χ1v) is 11.4. The number of carbonyl (C=O) groups excluding carboxylic acids is 1. The SMILES string of the molecule is CC1CC(C)CN(C(=O)CSc2nnc(N3CCOCC3)n2-c2cccc(F)c2)C1. The number of hydrogen-bond acceptors (Lipinski definition) is 6. The number of halogens is 1. The van der Waals surface area contributed by atoms with Crippen LogP contribution in [0.15, 0.2) is 29.4 Å². The molecule has 0 aliphatic carbocycles. The molecule has 2 unspecified atom stereocenters. The molecule has 2 aliphatic rings. The van der Waals surface area contributed by atoms with Crippen molar-refractivity contribution < 1.29 is 13.9 Å². The van der Waals surface area contributed by atoms with Gasteiger partial charge in [-0.3, -0.25) is 9.36 Å². The van der Waals surface area contributed by atoms with Crippen molar-refractivity contribution in [1.82, 2.24) is 19.7 Å². The van der Waals surface area contributed by atoms with Crippen molar-refractivity contribution in [3.05, 3.63) is 30.1 Å². The van der Waals surface area contributed by atoms with E-state index >= 15 is 0 Å². The van der Waals surface area contributed by atoms with Crippen LogP contribution in [0, 0.1) is 17.7 Å². The minimum atomic E-state index is -0.322. The third-order valence-corrected chi connectivity index (χ3v) is 6.44. The first kappa shape index (κ1) is 21.1. The lowest BCUT2D eigenvalue weighted by atomic mass is 9.92. The van der Waals surface area contributed by atoms with Gasteiger partial charge in [0.1, 0.15) is 5.82 Å². The second-order valence-corrected chi connectivity index (χ2v) is 9.17. The molecule has 1 aromatic carbocycles. The number of benzene rings is 1. The number of amides is 1. The van der Waals surface area contributed by atoms with Gasteiger partial charge in [0.05, 0.1) is 24.7 Å². The molecular weight excluding hydrogens is 405 g/mol. The number of morpholine rings is 1. The fourth-order valence-electron chi connectivity index (χ4n) is 4.25. The average molecular weight is 434 g/mol. The molecule has 2 atom stereocenters. The van der Waals surface area contributed by atoms with Crippen LogP contribution in [-0.4, -0.2) is 70.7 Å². The van der Waals surface area contributed by atoms with Crippen LogP contribution in [0.2, 0.25) is 0 Å². The Morgan fingerprint density at radius 2 is 1.93 bits per heavy atom. The Balaban J connectivity index is 1.55. The number of anilines is 1. The highest BCUT2D eigenvalue weighted by atomic mass is 32.2. The van der Waals surface area contributed by atoms with Crippen molar-refractivity contribution in [2.24, 2.45) is 11.8 Å². The van der Waals surface area contributed by atoms with Gasteiger partial charge in [-0.15, -0.1) is 10.2 Å². The van der Waals surface area contributed by atoms with E-state index in [-0.39, 0.29) is 17.5 Å². The fraction of sp³-hybridized carbons (Fsp3) is 0.571. The number of likely N-dealkylation sites (tertiary alicyclic amines) is 1. The summed E-state index contributed by atoms with van der Waals surface area (Å²) in [6.07, 6.45) is 1.16. The van der Waals surface area contributed by atoms with E-state index in [1.807, 2.05) is 15.5 Å². The van der Waals surface area contributed by atoms with Crippen molar-refractivity contribution >= 4 is 23.6 Å². The van der Waals surface area contributed by atoms with Gasteiger partial charge >= 0.3 is 0 Å². The largest absolute Gasteiger partial charge is 0.378 e. The van der Waals surface area contributed by atoms with E-state index in [1.165, 1.54) is 23.9 Å². The Labute approximate surface area is 180 Å². The second kappa shape index (κ2) is 9.34. The smallest absolute Gasteiger partial charge is 0.233 e. The van der Waals surface area contributed by atoms with Gasteiger partial charge in [-0.2, -0.15) is 0 Å². The number of hydrogen-bond donors (Lipinski definition) is 0. The van der Waals surface area contributed by atoms with Crippen LogP contribution in [0.4, 0.5) is 10.3 Å². The van der Waals surface area contributed by atoms with Crippen LogP contribution in [-0.2, 0) is 9.53 Å². The lowest BCUT2D eigenvalue weighted by Crippen LogP contribution is -2.43. The molecule has 2 saturated heterocycles. The zero-order chi connectivity index (χ0) is 21.1. The molecule has 7 nitrogen and oxygen atoms in total. The highest BCUT2D eigenvalue weighted by Gasteiger charge is 2.27. The molecule has 9 heteroatoms. The predicted octanol–water partition coefficient (Wildman–Crippen LogP) is 2.84. The number of ether oxygens (including phenoxy) is 1. The highest BCUT2D eigenvalue weighted by Crippen LogP contribution is 2.28. The van der Waals surface area contributed by atoms with Crippen LogP contribution in [0.5, 0.6) is 0 Å². The van der Waals surface area contributed by atoms with E-state index in [9.17, 15) is 9.18 Å². The Morgan fingerprint density at radius 3 is 2.63 bits per heavy atom. The first-order chi connectivity index (χ1) is 14.5. The normalized spacial score (nSPS) is 22.4. The minimum absolute atomic E-state index is 0.111. The molecule has 0 N–H and O–H groups in total. The number of rotatable bonds is 5.